The molecule has 0 N–H and O–H groups in total. The van der Waals surface area contributed by atoms with E-state index in [-0.39, 0.29) is 6.03 Å². The molecule has 1 aliphatic heterocycles. The maximum atomic E-state index is 12.3. The van der Waals surface area contributed by atoms with Crippen molar-refractivity contribution in [3.63, 3.8) is 0 Å². The Labute approximate surface area is 98.8 Å². The molecular weight excluding hydrogens is 200 g/mol. The van der Waals surface area contributed by atoms with Crippen molar-refractivity contribution in [1.82, 2.24) is 9.80 Å². The Morgan fingerprint density at radius 1 is 1.19 bits per heavy atom. The molecule has 1 atom stereocenters. The quantitative estimate of drug-likeness (QED) is 0.723. The fourth-order valence-electron chi connectivity index (χ4n) is 3.02. The van der Waals surface area contributed by atoms with Crippen LogP contribution < -0.4 is 0 Å². The summed E-state index contributed by atoms with van der Waals surface area (Å²) < 4.78 is 0. The molecule has 3 heteroatoms. The van der Waals surface area contributed by atoms with Crippen molar-refractivity contribution >= 4 is 6.03 Å². The van der Waals surface area contributed by atoms with Crippen molar-refractivity contribution in [3.05, 3.63) is 0 Å². The fourth-order valence-corrected chi connectivity index (χ4v) is 3.02. The van der Waals surface area contributed by atoms with E-state index in [0.29, 0.717) is 6.04 Å². The van der Waals surface area contributed by atoms with Gasteiger partial charge in [-0.3, -0.25) is 0 Å². The molecule has 1 aliphatic carbocycles. The van der Waals surface area contributed by atoms with Crippen molar-refractivity contribution in [2.75, 3.05) is 19.6 Å². The van der Waals surface area contributed by atoms with E-state index in [1.807, 2.05) is 4.90 Å². The number of hydrogen-bond acceptors (Lipinski definition) is 1. The Balaban J connectivity index is 1.98. The molecule has 2 fully saturated rings. The Hall–Kier alpha value is -0.730. The topological polar surface area (TPSA) is 23.6 Å². The molecule has 0 aromatic heterocycles. The lowest BCUT2D eigenvalue weighted by Gasteiger charge is -2.38. The van der Waals surface area contributed by atoms with Crippen LogP contribution in [-0.2, 0) is 0 Å². The molecule has 0 aromatic rings. The van der Waals surface area contributed by atoms with Gasteiger partial charge < -0.3 is 9.80 Å². The van der Waals surface area contributed by atoms with Gasteiger partial charge in [-0.1, -0.05) is 6.42 Å². The van der Waals surface area contributed by atoms with Crippen LogP contribution >= 0.6 is 0 Å². The summed E-state index contributed by atoms with van der Waals surface area (Å²) in [5.74, 6) is 0.807. The highest BCUT2D eigenvalue weighted by molar-refractivity contribution is 5.75. The van der Waals surface area contributed by atoms with Crippen LogP contribution in [0.15, 0.2) is 0 Å². The lowest BCUT2D eigenvalue weighted by Crippen LogP contribution is -2.48. The average molecular weight is 224 g/mol. The minimum atomic E-state index is 0.277. The van der Waals surface area contributed by atoms with Crippen molar-refractivity contribution in [1.29, 1.82) is 0 Å². The number of urea groups is 1. The van der Waals surface area contributed by atoms with Gasteiger partial charge in [-0.15, -0.1) is 0 Å². The third-order valence-corrected chi connectivity index (χ3v) is 4.27. The summed E-state index contributed by atoms with van der Waals surface area (Å²) in [6.45, 7) is 6.79. The molecule has 0 aromatic carbocycles. The summed E-state index contributed by atoms with van der Waals surface area (Å²) >= 11 is 0. The first kappa shape index (κ1) is 11.7. The van der Waals surface area contributed by atoms with Crippen LogP contribution in [0.3, 0.4) is 0 Å². The van der Waals surface area contributed by atoms with E-state index in [1.54, 1.807) is 0 Å². The molecule has 0 spiro atoms. The third kappa shape index (κ3) is 2.04. The zero-order valence-corrected chi connectivity index (χ0v) is 10.6. The molecule has 1 saturated heterocycles. The minimum Gasteiger partial charge on any atom is -0.325 e. The van der Waals surface area contributed by atoms with Crippen LogP contribution in [0.25, 0.3) is 0 Å². The first-order chi connectivity index (χ1) is 7.77. The van der Waals surface area contributed by atoms with Crippen LogP contribution in [0.2, 0.25) is 0 Å². The summed E-state index contributed by atoms with van der Waals surface area (Å²) in [5, 5.41) is 0. The highest BCUT2D eigenvalue weighted by atomic mass is 16.2. The molecule has 1 heterocycles. The zero-order chi connectivity index (χ0) is 11.5. The van der Waals surface area contributed by atoms with E-state index in [0.717, 1.165) is 25.6 Å². The fraction of sp³-hybridized carbons (Fsp3) is 0.923. The Bertz CT molecular complexity index is 246. The smallest absolute Gasteiger partial charge is 0.320 e. The summed E-state index contributed by atoms with van der Waals surface area (Å²) in [5.41, 5.74) is 0. The van der Waals surface area contributed by atoms with Gasteiger partial charge in [0.05, 0.1) is 0 Å². The SMILES string of the molecule is CCN(CC)C(=O)N1CCCC1C1CCC1. The van der Waals surface area contributed by atoms with Crippen molar-refractivity contribution in [2.45, 2.75) is 52.0 Å². The van der Waals surface area contributed by atoms with Crippen LogP contribution in [0.4, 0.5) is 4.79 Å². The lowest BCUT2D eigenvalue weighted by atomic mass is 9.79. The molecule has 2 rings (SSSR count). The molecule has 16 heavy (non-hydrogen) atoms. The van der Waals surface area contributed by atoms with E-state index in [1.165, 1.54) is 32.1 Å². The number of amides is 2. The third-order valence-electron chi connectivity index (χ3n) is 4.27. The highest BCUT2D eigenvalue weighted by Crippen LogP contribution is 2.37. The van der Waals surface area contributed by atoms with E-state index in [2.05, 4.69) is 18.7 Å². The highest BCUT2D eigenvalue weighted by Gasteiger charge is 2.38. The Morgan fingerprint density at radius 2 is 1.88 bits per heavy atom. The average Bonchev–Trinajstić information content (AvgIpc) is 2.65. The maximum absolute atomic E-state index is 12.3. The lowest BCUT2D eigenvalue weighted by molar-refractivity contribution is 0.114. The number of carbonyl (C=O) groups excluding carboxylic acids is 1. The van der Waals surface area contributed by atoms with E-state index in [4.69, 9.17) is 0 Å². The minimum absolute atomic E-state index is 0.277. The van der Waals surface area contributed by atoms with Crippen LogP contribution in [0.5, 0.6) is 0 Å². The Kier molecular flexibility index (Phi) is 3.72. The summed E-state index contributed by atoms with van der Waals surface area (Å²) in [4.78, 5) is 16.4. The normalized spacial score (nSPS) is 25.6. The Morgan fingerprint density at radius 3 is 2.38 bits per heavy atom. The zero-order valence-electron chi connectivity index (χ0n) is 10.6. The van der Waals surface area contributed by atoms with Crippen LogP contribution in [0, 0.1) is 5.92 Å². The van der Waals surface area contributed by atoms with Gasteiger partial charge in [0.2, 0.25) is 0 Å². The molecule has 1 unspecified atom stereocenters. The summed E-state index contributed by atoms with van der Waals surface area (Å²) in [7, 11) is 0. The number of rotatable bonds is 3. The van der Waals surface area contributed by atoms with E-state index < -0.39 is 0 Å². The van der Waals surface area contributed by atoms with E-state index in [9.17, 15) is 4.79 Å². The van der Waals surface area contributed by atoms with Gasteiger partial charge in [0.25, 0.3) is 0 Å². The van der Waals surface area contributed by atoms with Gasteiger partial charge in [-0.25, -0.2) is 4.79 Å². The van der Waals surface area contributed by atoms with Gasteiger partial charge in [-0.2, -0.15) is 0 Å². The van der Waals surface area contributed by atoms with Gasteiger partial charge >= 0.3 is 6.03 Å². The maximum Gasteiger partial charge on any atom is 0.320 e. The molecule has 2 amide bonds. The monoisotopic (exact) mass is 224 g/mol. The van der Waals surface area contributed by atoms with Gasteiger partial charge in [-0.05, 0) is 45.4 Å². The van der Waals surface area contributed by atoms with Gasteiger partial charge in [0, 0.05) is 25.7 Å². The number of likely N-dealkylation sites (tertiary alicyclic amines) is 1. The second-order valence-corrected chi connectivity index (χ2v) is 5.05. The second-order valence-electron chi connectivity index (χ2n) is 5.05. The number of carbonyl (C=O) groups is 1. The predicted octanol–water partition coefficient (Wildman–Crippen LogP) is 2.71. The molecule has 0 bridgehead atoms. The first-order valence-electron chi connectivity index (χ1n) is 6.83. The van der Waals surface area contributed by atoms with Crippen LogP contribution in [-0.4, -0.2) is 41.5 Å². The summed E-state index contributed by atoms with van der Waals surface area (Å²) in [6, 6.07) is 0.834. The molecular formula is C13H24N2O. The van der Waals surface area contributed by atoms with Crippen molar-refractivity contribution < 1.29 is 4.79 Å². The van der Waals surface area contributed by atoms with Gasteiger partial charge in [0.1, 0.15) is 0 Å². The van der Waals surface area contributed by atoms with Crippen molar-refractivity contribution in [2.24, 2.45) is 5.92 Å². The molecule has 92 valence electrons. The number of nitrogens with zero attached hydrogens (tertiary/aromatic N) is 2. The molecule has 1 saturated carbocycles. The standard InChI is InChI=1S/C13H24N2O/c1-3-14(4-2)13(16)15-10-6-9-12(15)11-7-5-8-11/h11-12H,3-10H2,1-2H3. The van der Waals surface area contributed by atoms with E-state index >= 15 is 0 Å². The largest absolute Gasteiger partial charge is 0.325 e. The molecule has 3 nitrogen and oxygen atoms in total. The second kappa shape index (κ2) is 5.07. The van der Waals surface area contributed by atoms with Crippen molar-refractivity contribution in [3.8, 4) is 0 Å². The first-order valence-corrected chi connectivity index (χ1v) is 6.83. The van der Waals surface area contributed by atoms with Crippen LogP contribution in [0.1, 0.15) is 46.0 Å². The summed E-state index contributed by atoms with van der Waals surface area (Å²) in [6.07, 6.45) is 6.49. The predicted molar refractivity (Wildman–Crippen MR) is 65.4 cm³/mol. The van der Waals surface area contributed by atoms with Gasteiger partial charge in [0.15, 0.2) is 0 Å². The molecule has 2 aliphatic rings. The number of hydrogen-bond donors (Lipinski definition) is 0. The molecule has 0 radical (unpaired) electrons.